The van der Waals surface area contributed by atoms with Gasteiger partial charge < -0.3 is 9.47 Å². The SMILES string of the molecule is CN1CCn2c(nnc2C2CCCN(C(=O)CCc3nc4ccccc4s3)C2)C1. The van der Waals surface area contributed by atoms with Crippen LogP contribution in [0, 0.1) is 0 Å². The lowest BCUT2D eigenvalue weighted by Crippen LogP contribution is -2.40. The fraction of sp³-hybridized carbons (Fsp3) is 0.524. The van der Waals surface area contributed by atoms with Crippen molar-refractivity contribution in [1.29, 1.82) is 0 Å². The van der Waals surface area contributed by atoms with Gasteiger partial charge in [0.15, 0.2) is 0 Å². The van der Waals surface area contributed by atoms with E-state index in [1.54, 1.807) is 11.3 Å². The van der Waals surface area contributed by atoms with Gasteiger partial charge in [-0.25, -0.2) is 4.98 Å². The largest absolute Gasteiger partial charge is 0.342 e. The Morgan fingerprint density at radius 1 is 1.21 bits per heavy atom. The number of likely N-dealkylation sites (tertiary alicyclic amines) is 1. The molecule has 29 heavy (non-hydrogen) atoms. The van der Waals surface area contributed by atoms with E-state index in [9.17, 15) is 4.79 Å². The summed E-state index contributed by atoms with van der Waals surface area (Å²) in [5.74, 6) is 2.64. The van der Waals surface area contributed by atoms with Gasteiger partial charge in [-0.2, -0.15) is 0 Å². The number of aromatic nitrogens is 4. The van der Waals surface area contributed by atoms with Crippen molar-refractivity contribution in [3.63, 3.8) is 0 Å². The molecule has 1 saturated heterocycles. The zero-order chi connectivity index (χ0) is 19.8. The van der Waals surface area contributed by atoms with Gasteiger partial charge in [0, 0.05) is 44.9 Å². The molecule has 2 aromatic heterocycles. The smallest absolute Gasteiger partial charge is 0.223 e. The Morgan fingerprint density at radius 3 is 3.00 bits per heavy atom. The first-order chi connectivity index (χ1) is 14.2. The molecule has 0 spiro atoms. The summed E-state index contributed by atoms with van der Waals surface area (Å²) in [5.41, 5.74) is 1.03. The highest BCUT2D eigenvalue weighted by molar-refractivity contribution is 7.18. The number of para-hydroxylation sites is 1. The highest BCUT2D eigenvalue weighted by Gasteiger charge is 2.30. The number of carbonyl (C=O) groups is 1. The third-order valence-electron chi connectivity index (χ3n) is 6.00. The number of amides is 1. The number of nitrogens with zero attached hydrogens (tertiary/aromatic N) is 6. The number of hydrogen-bond acceptors (Lipinski definition) is 6. The van der Waals surface area contributed by atoms with Crippen LogP contribution in [0.3, 0.4) is 0 Å². The van der Waals surface area contributed by atoms with Crippen molar-refractivity contribution in [1.82, 2.24) is 29.5 Å². The molecule has 4 heterocycles. The predicted molar refractivity (Wildman–Crippen MR) is 113 cm³/mol. The molecule has 1 amide bonds. The van der Waals surface area contributed by atoms with Gasteiger partial charge >= 0.3 is 0 Å². The Bertz CT molecular complexity index is 994. The maximum absolute atomic E-state index is 12.9. The van der Waals surface area contributed by atoms with Crippen molar-refractivity contribution in [3.05, 3.63) is 40.9 Å². The Labute approximate surface area is 174 Å². The standard InChI is InChI=1S/C21H26N6OS/c1-25-11-12-27-18(14-25)23-24-21(27)15-5-4-10-26(13-15)20(28)9-8-19-22-16-6-2-3-7-17(16)29-19/h2-3,6-7,15H,4-5,8-14H2,1H3. The first-order valence-electron chi connectivity index (χ1n) is 10.4. The maximum atomic E-state index is 12.9. The monoisotopic (exact) mass is 410 g/mol. The highest BCUT2D eigenvalue weighted by Crippen LogP contribution is 2.28. The van der Waals surface area contributed by atoms with Crippen molar-refractivity contribution in [2.24, 2.45) is 0 Å². The molecule has 0 radical (unpaired) electrons. The predicted octanol–water partition coefficient (Wildman–Crippen LogP) is 2.67. The van der Waals surface area contributed by atoms with Crippen molar-refractivity contribution >= 4 is 27.5 Å². The van der Waals surface area contributed by atoms with Gasteiger partial charge in [0.1, 0.15) is 11.6 Å². The third kappa shape index (κ3) is 3.79. The number of rotatable bonds is 4. The minimum atomic E-state index is 0.229. The van der Waals surface area contributed by atoms with Gasteiger partial charge in [-0.05, 0) is 32.0 Å². The van der Waals surface area contributed by atoms with E-state index in [2.05, 4.69) is 37.8 Å². The molecule has 0 aliphatic carbocycles. The minimum absolute atomic E-state index is 0.229. The molecule has 7 nitrogen and oxygen atoms in total. The molecule has 1 atom stereocenters. The number of likely N-dealkylation sites (N-methyl/N-ethyl adjacent to an activating group) is 1. The average Bonchev–Trinajstić information content (AvgIpc) is 3.35. The summed E-state index contributed by atoms with van der Waals surface area (Å²) >= 11 is 1.69. The minimum Gasteiger partial charge on any atom is -0.342 e. The van der Waals surface area contributed by atoms with Crippen LogP contribution in [-0.2, 0) is 24.3 Å². The van der Waals surface area contributed by atoms with Crippen LogP contribution < -0.4 is 0 Å². The Hall–Kier alpha value is -2.32. The number of carbonyl (C=O) groups excluding carboxylic acids is 1. The van der Waals surface area contributed by atoms with Crippen LogP contribution in [0.5, 0.6) is 0 Å². The highest BCUT2D eigenvalue weighted by atomic mass is 32.1. The zero-order valence-corrected chi connectivity index (χ0v) is 17.6. The van der Waals surface area contributed by atoms with Crippen molar-refractivity contribution in [2.45, 2.75) is 44.7 Å². The summed E-state index contributed by atoms with van der Waals surface area (Å²) in [4.78, 5) is 21.8. The summed E-state index contributed by atoms with van der Waals surface area (Å²) in [6, 6.07) is 8.16. The molecule has 152 valence electrons. The summed E-state index contributed by atoms with van der Waals surface area (Å²) in [5, 5.41) is 9.96. The molecule has 2 aliphatic heterocycles. The second kappa shape index (κ2) is 7.84. The summed E-state index contributed by atoms with van der Waals surface area (Å²) in [6.07, 6.45) is 3.34. The number of hydrogen-bond donors (Lipinski definition) is 0. The quantitative estimate of drug-likeness (QED) is 0.662. The van der Waals surface area contributed by atoms with Gasteiger partial charge in [0.2, 0.25) is 5.91 Å². The van der Waals surface area contributed by atoms with E-state index in [0.29, 0.717) is 18.8 Å². The third-order valence-corrected chi connectivity index (χ3v) is 7.10. The fourth-order valence-electron chi connectivity index (χ4n) is 4.42. The number of aryl methyl sites for hydroxylation is 1. The van der Waals surface area contributed by atoms with Crippen LogP contribution in [0.25, 0.3) is 10.2 Å². The summed E-state index contributed by atoms with van der Waals surface area (Å²) in [7, 11) is 2.12. The van der Waals surface area contributed by atoms with Gasteiger partial charge in [-0.1, -0.05) is 12.1 Å². The van der Waals surface area contributed by atoms with E-state index in [-0.39, 0.29) is 5.91 Å². The van der Waals surface area contributed by atoms with Crippen LogP contribution in [0.1, 0.15) is 41.8 Å². The van der Waals surface area contributed by atoms with Crippen molar-refractivity contribution in [3.8, 4) is 0 Å². The van der Waals surface area contributed by atoms with E-state index in [1.807, 2.05) is 23.1 Å². The molecular weight excluding hydrogens is 384 g/mol. The molecule has 8 heteroatoms. The first kappa shape index (κ1) is 18.7. The normalized spacial score (nSPS) is 20.2. The Balaban J connectivity index is 1.23. The van der Waals surface area contributed by atoms with E-state index < -0.39 is 0 Å². The van der Waals surface area contributed by atoms with Crippen LogP contribution in [0.15, 0.2) is 24.3 Å². The molecule has 5 rings (SSSR count). The summed E-state index contributed by atoms with van der Waals surface area (Å²) < 4.78 is 3.47. The van der Waals surface area contributed by atoms with Crippen LogP contribution >= 0.6 is 11.3 Å². The number of fused-ring (bicyclic) bond motifs is 2. The number of benzene rings is 1. The lowest BCUT2D eigenvalue weighted by atomic mass is 9.96. The van der Waals surface area contributed by atoms with Gasteiger partial charge in [0.25, 0.3) is 0 Å². The van der Waals surface area contributed by atoms with Gasteiger partial charge in [-0.15, -0.1) is 21.5 Å². The second-order valence-corrected chi connectivity index (χ2v) is 9.23. The Kier molecular flexibility index (Phi) is 5.05. The van der Waals surface area contributed by atoms with E-state index in [4.69, 9.17) is 0 Å². The average molecular weight is 411 g/mol. The van der Waals surface area contributed by atoms with Crippen molar-refractivity contribution < 1.29 is 4.79 Å². The fourth-order valence-corrected chi connectivity index (χ4v) is 5.38. The zero-order valence-electron chi connectivity index (χ0n) is 16.8. The lowest BCUT2D eigenvalue weighted by Gasteiger charge is -2.33. The van der Waals surface area contributed by atoms with E-state index in [1.165, 1.54) is 4.70 Å². The molecule has 1 fully saturated rings. The number of piperidine rings is 1. The van der Waals surface area contributed by atoms with Crippen LogP contribution in [0.4, 0.5) is 0 Å². The molecule has 2 aliphatic rings. The summed E-state index contributed by atoms with van der Waals surface area (Å²) in [6.45, 7) is 4.42. The Morgan fingerprint density at radius 2 is 2.10 bits per heavy atom. The topological polar surface area (TPSA) is 67.2 Å². The molecule has 1 unspecified atom stereocenters. The van der Waals surface area contributed by atoms with Crippen LogP contribution in [0.2, 0.25) is 0 Å². The molecule has 3 aromatic rings. The van der Waals surface area contributed by atoms with Crippen LogP contribution in [-0.4, -0.2) is 62.1 Å². The molecular formula is C21H26N6OS. The van der Waals surface area contributed by atoms with E-state index >= 15 is 0 Å². The maximum Gasteiger partial charge on any atom is 0.223 e. The molecule has 0 bridgehead atoms. The van der Waals surface area contributed by atoms with Gasteiger partial charge in [-0.3, -0.25) is 9.69 Å². The number of thiazole rings is 1. The first-order valence-corrected chi connectivity index (χ1v) is 11.2. The second-order valence-electron chi connectivity index (χ2n) is 8.12. The van der Waals surface area contributed by atoms with Gasteiger partial charge in [0.05, 0.1) is 21.8 Å². The molecule has 0 N–H and O–H groups in total. The lowest BCUT2D eigenvalue weighted by molar-refractivity contribution is -0.132. The van der Waals surface area contributed by atoms with E-state index in [0.717, 1.165) is 67.7 Å². The molecule has 1 aromatic carbocycles. The molecule has 0 saturated carbocycles. The van der Waals surface area contributed by atoms with Crippen molar-refractivity contribution in [2.75, 3.05) is 26.7 Å².